The first-order chi connectivity index (χ1) is 10.1. The fourth-order valence-electron chi connectivity index (χ4n) is 2.87. The van der Waals surface area contributed by atoms with E-state index in [-0.39, 0.29) is 0 Å². The van der Waals surface area contributed by atoms with E-state index in [1.807, 2.05) is 30.5 Å². The first-order valence-electron chi connectivity index (χ1n) is 6.45. The van der Waals surface area contributed by atoms with Crippen LogP contribution in [0.25, 0.3) is 10.9 Å². The molecular formula is C15H11ClN2O2S. The molecule has 0 saturated carbocycles. The second-order valence-electron chi connectivity index (χ2n) is 5.00. The lowest BCUT2D eigenvalue weighted by Crippen LogP contribution is -2.20. The van der Waals surface area contributed by atoms with Crippen LogP contribution in [0, 0.1) is 0 Å². The molecule has 2 N–H and O–H groups in total. The maximum atomic E-state index is 12.2. The molecule has 106 valence electrons. The number of sulfonamides is 1. The summed E-state index contributed by atoms with van der Waals surface area (Å²) < 4.78 is 27.2. The van der Waals surface area contributed by atoms with Gasteiger partial charge in [-0.1, -0.05) is 35.9 Å². The number of H-pyrrole nitrogens is 1. The summed E-state index contributed by atoms with van der Waals surface area (Å²) in [4.78, 5) is 3.47. The Hall–Kier alpha value is -1.82. The fourth-order valence-corrected chi connectivity index (χ4v) is 4.60. The second-order valence-corrected chi connectivity index (χ2v) is 7.09. The molecule has 6 heteroatoms. The first-order valence-corrected chi connectivity index (χ1v) is 8.31. The molecule has 4 rings (SSSR count). The van der Waals surface area contributed by atoms with Crippen molar-refractivity contribution in [2.45, 2.75) is 10.9 Å². The van der Waals surface area contributed by atoms with Crippen molar-refractivity contribution in [3.8, 4) is 0 Å². The van der Waals surface area contributed by atoms with Gasteiger partial charge in [-0.15, -0.1) is 0 Å². The number of hydrogen-bond acceptors (Lipinski definition) is 2. The molecular weight excluding hydrogens is 308 g/mol. The predicted octanol–water partition coefficient (Wildman–Crippen LogP) is 3.20. The summed E-state index contributed by atoms with van der Waals surface area (Å²) in [5.41, 5.74) is 2.48. The van der Waals surface area contributed by atoms with E-state index in [1.165, 1.54) is 0 Å². The normalized spacial score (nSPS) is 19.8. The summed E-state index contributed by atoms with van der Waals surface area (Å²) in [5.74, 6) is 0. The standard InChI is InChI=1S/C15H11ClN2O2S/c16-11-5-3-6-12-14(11)10(8-17-12)15-9-4-1-2-7-13(9)21(19,20)18-15/h1-8,15,17-18H. The molecule has 0 radical (unpaired) electrons. The summed E-state index contributed by atoms with van der Waals surface area (Å²) in [6.07, 6.45) is 1.81. The van der Waals surface area contributed by atoms with Gasteiger partial charge in [-0.25, -0.2) is 8.42 Å². The van der Waals surface area contributed by atoms with Crippen LogP contribution in [-0.2, 0) is 10.0 Å². The minimum atomic E-state index is -3.47. The molecule has 1 atom stereocenters. The van der Waals surface area contributed by atoms with Gasteiger partial charge in [0.25, 0.3) is 0 Å². The molecule has 1 aliphatic rings. The highest BCUT2D eigenvalue weighted by Gasteiger charge is 2.35. The Morgan fingerprint density at radius 2 is 1.81 bits per heavy atom. The van der Waals surface area contributed by atoms with Crippen LogP contribution in [-0.4, -0.2) is 13.4 Å². The van der Waals surface area contributed by atoms with Crippen LogP contribution < -0.4 is 4.72 Å². The van der Waals surface area contributed by atoms with Crippen LogP contribution in [0.4, 0.5) is 0 Å². The third-order valence-electron chi connectivity index (χ3n) is 3.79. The summed E-state index contributed by atoms with van der Waals surface area (Å²) in [5, 5.41) is 1.45. The van der Waals surface area contributed by atoms with Crippen molar-refractivity contribution in [3.63, 3.8) is 0 Å². The van der Waals surface area contributed by atoms with Gasteiger partial charge in [-0.2, -0.15) is 4.72 Å². The van der Waals surface area contributed by atoms with Gasteiger partial charge >= 0.3 is 0 Å². The highest BCUT2D eigenvalue weighted by atomic mass is 35.5. The molecule has 0 amide bonds. The molecule has 0 spiro atoms. The van der Waals surface area contributed by atoms with Gasteiger partial charge in [-0.05, 0) is 23.8 Å². The van der Waals surface area contributed by atoms with Gasteiger partial charge in [0.05, 0.1) is 16.0 Å². The average molecular weight is 319 g/mol. The van der Waals surface area contributed by atoms with Crippen molar-refractivity contribution in [2.75, 3.05) is 0 Å². The Morgan fingerprint density at radius 3 is 2.67 bits per heavy atom. The number of aromatic amines is 1. The molecule has 21 heavy (non-hydrogen) atoms. The molecule has 1 unspecified atom stereocenters. The van der Waals surface area contributed by atoms with Crippen molar-refractivity contribution in [1.29, 1.82) is 0 Å². The van der Waals surface area contributed by atoms with E-state index in [0.29, 0.717) is 9.92 Å². The molecule has 2 aromatic carbocycles. The van der Waals surface area contributed by atoms with Crippen molar-refractivity contribution >= 4 is 32.5 Å². The monoisotopic (exact) mass is 318 g/mol. The average Bonchev–Trinajstić information content (AvgIpc) is 3.00. The highest BCUT2D eigenvalue weighted by Crippen LogP contribution is 2.39. The Kier molecular flexibility index (Phi) is 2.66. The van der Waals surface area contributed by atoms with E-state index >= 15 is 0 Å². The molecule has 0 aliphatic carbocycles. The van der Waals surface area contributed by atoms with E-state index in [0.717, 1.165) is 22.0 Å². The second kappa shape index (κ2) is 4.34. The van der Waals surface area contributed by atoms with E-state index in [1.54, 1.807) is 18.2 Å². The van der Waals surface area contributed by atoms with Gasteiger partial charge in [0.2, 0.25) is 10.0 Å². The SMILES string of the molecule is O=S1(=O)NC(c2c[nH]c3cccc(Cl)c23)c2ccccc21. The molecule has 0 bridgehead atoms. The predicted molar refractivity (Wildman–Crippen MR) is 81.9 cm³/mol. The Morgan fingerprint density at radius 1 is 1.00 bits per heavy atom. The fraction of sp³-hybridized carbons (Fsp3) is 0.0667. The number of rotatable bonds is 1. The van der Waals surface area contributed by atoms with Crippen molar-refractivity contribution in [2.24, 2.45) is 0 Å². The number of benzene rings is 2. The van der Waals surface area contributed by atoms with E-state index in [4.69, 9.17) is 11.6 Å². The Bertz CT molecular complexity index is 963. The molecule has 0 fully saturated rings. The lowest BCUT2D eigenvalue weighted by molar-refractivity contribution is 0.585. The molecule has 0 saturated heterocycles. The van der Waals surface area contributed by atoms with Crippen LogP contribution in [0.1, 0.15) is 17.2 Å². The summed E-state index contributed by atoms with van der Waals surface area (Å²) in [7, 11) is -3.47. The minimum absolute atomic E-state index is 0.330. The minimum Gasteiger partial charge on any atom is -0.361 e. The lowest BCUT2D eigenvalue weighted by Gasteiger charge is -2.10. The summed E-state index contributed by atoms with van der Waals surface area (Å²) in [6, 6.07) is 12.2. The molecule has 2 heterocycles. The largest absolute Gasteiger partial charge is 0.361 e. The summed E-state index contributed by atoms with van der Waals surface area (Å²) >= 11 is 6.28. The van der Waals surface area contributed by atoms with Crippen LogP contribution >= 0.6 is 11.6 Å². The van der Waals surface area contributed by atoms with Gasteiger partial charge in [0.15, 0.2) is 0 Å². The molecule has 1 aliphatic heterocycles. The van der Waals surface area contributed by atoms with Gasteiger partial charge < -0.3 is 4.98 Å². The quantitative estimate of drug-likeness (QED) is 0.723. The Balaban J connectivity index is 2.00. The van der Waals surface area contributed by atoms with Crippen molar-refractivity contribution < 1.29 is 8.42 Å². The zero-order chi connectivity index (χ0) is 14.6. The topological polar surface area (TPSA) is 62.0 Å². The van der Waals surface area contributed by atoms with E-state index < -0.39 is 16.1 Å². The number of aromatic nitrogens is 1. The summed E-state index contributed by atoms with van der Waals surface area (Å²) in [6.45, 7) is 0. The third kappa shape index (κ3) is 1.82. The Labute approximate surface area is 126 Å². The van der Waals surface area contributed by atoms with E-state index in [2.05, 4.69) is 9.71 Å². The number of hydrogen-bond donors (Lipinski definition) is 2. The molecule has 1 aromatic heterocycles. The number of halogens is 1. The van der Waals surface area contributed by atoms with Gasteiger partial charge in [0, 0.05) is 22.7 Å². The third-order valence-corrected chi connectivity index (χ3v) is 5.60. The number of fused-ring (bicyclic) bond motifs is 2. The highest BCUT2D eigenvalue weighted by molar-refractivity contribution is 7.89. The smallest absolute Gasteiger partial charge is 0.241 e. The van der Waals surface area contributed by atoms with Crippen LogP contribution in [0.3, 0.4) is 0 Å². The maximum absolute atomic E-state index is 12.2. The van der Waals surface area contributed by atoms with Gasteiger partial charge in [0.1, 0.15) is 0 Å². The first kappa shape index (κ1) is 12.9. The number of nitrogens with one attached hydrogen (secondary N) is 2. The van der Waals surface area contributed by atoms with Crippen molar-refractivity contribution in [3.05, 3.63) is 64.8 Å². The van der Waals surface area contributed by atoms with E-state index in [9.17, 15) is 8.42 Å². The van der Waals surface area contributed by atoms with Crippen LogP contribution in [0.5, 0.6) is 0 Å². The maximum Gasteiger partial charge on any atom is 0.241 e. The van der Waals surface area contributed by atoms with Crippen molar-refractivity contribution in [1.82, 2.24) is 9.71 Å². The zero-order valence-electron chi connectivity index (χ0n) is 10.8. The molecule has 4 nitrogen and oxygen atoms in total. The van der Waals surface area contributed by atoms with Gasteiger partial charge in [-0.3, -0.25) is 0 Å². The van der Waals surface area contributed by atoms with Crippen LogP contribution in [0.2, 0.25) is 5.02 Å². The lowest BCUT2D eigenvalue weighted by atomic mass is 9.99. The molecule has 3 aromatic rings. The van der Waals surface area contributed by atoms with Crippen LogP contribution in [0.15, 0.2) is 53.6 Å². The zero-order valence-corrected chi connectivity index (χ0v) is 12.4.